The largest absolute Gasteiger partial charge is 0.335 e. The van der Waals surface area contributed by atoms with Crippen LogP contribution in [0.1, 0.15) is 20.8 Å². The maximum atomic E-state index is 12.7. The Balaban J connectivity index is 1.40. The summed E-state index contributed by atoms with van der Waals surface area (Å²) in [6.07, 6.45) is 0. The molecule has 0 unspecified atom stereocenters. The lowest BCUT2D eigenvalue weighted by molar-refractivity contribution is 0.0532. The minimum absolute atomic E-state index is 0.146. The highest BCUT2D eigenvalue weighted by atomic mass is 35.5. The maximum absolute atomic E-state index is 12.7. The van der Waals surface area contributed by atoms with Crippen LogP contribution in [0.15, 0.2) is 41.8 Å². The SMILES string of the molecule is O=C(c1cc(-c2cccs2)[nH]n1)N1CCN(C(=O)c2cccc(Cl)c2Cl)CC1. The average molecular weight is 435 g/mol. The van der Waals surface area contributed by atoms with Gasteiger partial charge in [-0.05, 0) is 29.6 Å². The summed E-state index contributed by atoms with van der Waals surface area (Å²) in [5, 5.41) is 9.63. The molecule has 1 aliphatic heterocycles. The molecule has 0 bridgehead atoms. The Morgan fingerprint density at radius 2 is 1.71 bits per heavy atom. The van der Waals surface area contributed by atoms with Crippen LogP contribution in [0, 0.1) is 0 Å². The number of hydrogen-bond donors (Lipinski definition) is 1. The number of aromatic amines is 1. The number of thiophene rings is 1. The van der Waals surface area contributed by atoms with Gasteiger partial charge in [0.2, 0.25) is 0 Å². The molecular formula is C19H16Cl2N4O2S. The summed E-state index contributed by atoms with van der Waals surface area (Å²) >= 11 is 13.7. The number of H-pyrrole nitrogens is 1. The molecule has 3 heterocycles. The van der Waals surface area contributed by atoms with Crippen LogP contribution in [0.3, 0.4) is 0 Å². The van der Waals surface area contributed by atoms with Gasteiger partial charge in [0.15, 0.2) is 5.69 Å². The first-order valence-electron chi connectivity index (χ1n) is 8.66. The first-order valence-corrected chi connectivity index (χ1v) is 10.3. The summed E-state index contributed by atoms with van der Waals surface area (Å²) in [5.41, 5.74) is 1.57. The van der Waals surface area contributed by atoms with Gasteiger partial charge in [0.05, 0.1) is 26.2 Å². The minimum Gasteiger partial charge on any atom is -0.335 e. The Hall–Kier alpha value is -2.35. The smallest absolute Gasteiger partial charge is 0.274 e. The van der Waals surface area contributed by atoms with Crippen molar-refractivity contribution in [3.63, 3.8) is 0 Å². The van der Waals surface area contributed by atoms with Gasteiger partial charge in [0.1, 0.15) is 0 Å². The Morgan fingerprint density at radius 3 is 2.39 bits per heavy atom. The van der Waals surface area contributed by atoms with Gasteiger partial charge in [-0.3, -0.25) is 14.7 Å². The highest BCUT2D eigenvalue weighted by molar-refractivity contribution is 7.13. The summed E-state index contributed by atoms with van der Waals surface area (Å²) in [6.45, 7) is 1.72. The molecule has 9 heteroatoms. The second-order valence-electron chi connectivity index (χ2n) is 6.33. The molecule has 4 rings (SSSR count). The van der Waals surface area contributed by atoms with E-state index in [0.29, 0.717) is 42.5 Å². The zero-order valence-corrected chi connectivity index (χ0v) is 17.0. The van der Waals surface area contributed by atoms with Crippen LogP contribution >= 0.6 is 34.5 Å². The summed E-state index contributed by atoms with van der Waals surface area (Å²) in [7, 11) is 0. The van der Waals surface area contributed by atoms with E-state index >= 15 is 0 Å². The van der Waals surface area contributed by atoms with E-state index in [2.05, 4.69) is 10.2 Å². The molecule has 144 valence electrons. The number of rotatable bonds is 3. The third-order valence-electron chi connectivity index (χ3n) is 4.62. The van der Waals surface area contributed by atoms with Gasteiger partial charge in [-0.25, -0.2) is 0 Å². The molecule has 2 amide bonds. The molecule has 1 fully saturated rings. The molecule has 0 spiro atoms. The number of carbonyl (C=O) groups excluding carboxylic acids is 2. The Morgan fingerprint density at radius 1 is 1.00 bits per heavy atom. The number of halogens is 2. The van der Waals surface area contributed by atoms with Crippen LogP contribution in [0.25, 0.3) is 10.6 Å². The molecule has 1 aliphatic rings. The van der Waals surface area contributed by atoms with Crippen LogP contribution in [-0.4, -0.2) is 58.0 Å². The molecular weight excluding hydrogens is 419 g/mol. The lowest BCUT2D eigenvalue weighted by Gasteiger charge is -2.34. The number of hydrogen-bond acceptors (Lipinski definition) is 4. The fourth-order valence-electron chi connectivity index (χ4n) is 3.10. The summed E-state index contributed by atoms with van der Waals surface area (Å²) in [5.74, 6) is -0.328. The summed E-state index contributed by atoms with van der Waals surface area (Å²) < 4.78 is 0. The van der Waals surface area contributed by atoms with E-state index in [1.54, 1.807) is 45.4 Å². The van der Waals surface area contributed by atoms with Crippen molar-refractivity contribution in [2.45, 2.75) is 0 Å². The van der Waals surface area contributed by atoms with Crippen LogP contribution in [0.4, 0.5) is 0 Å². The number of piperazine rings is 1. The minimum atomic E-state index is -0.181. The highest BCUT2D eigenvalue weighted by Crippen LogP contribution is 2.27. The topological polar surface area (TPSA) is 69.3 Å². The van der Waals surface area contributed by atoms with Crippen molar-refractivity contribution < 1.29 is 9.59 Å². The summed E-state index contributed by atoms with van der Waals surface area (Å²) in [4.78, 5) is 29.9. The zero-order chi connectivity index (χ0) is 19.7. The van der Waals surface area contributed by atoms with Crippen LogP contribution in [0.5, 0.6) is 0 Å². The van der Waals surface area contributed by atoms with Crippen molar-refractivity contribution >= 4 is 46.4 Å². The highest BCUT2D eigenvalue weighted by Gasteiger charge is 2.28. The first-order chi connectivity index (χ1) is 13.5. The van der Waals surface area contributed by atoms with E-state index in [4.69, 9.17) is 23.2 Å². The quantitative estimate of drug-likeness (QED) is 0.675. The van der Waals surface area contributed by atoms with Crippen molar-refractivity contribution in [1.82, 2.24) is 20.0 Å². The number of aromatic nitrogens is 2. The van der Waals surface area contributed by atoms with Gasteiger partial charge in [0, 0.05) is 26.2 Å². The molecule has 2 aromatic heterocycles. The molecule has 1 saturated heterocycles. The molecule has 6 nitrogen and oxygen atoms in total. The Labute approximate surface area is 175 Å². The van der Waals surface area contributed by atoms with Gasteiger partial charge < -0.3 is 9.80 Å². The Kier molecular flexibility index (Phi) is 5.39. The van der Waals surface area contributed by atoms with Crippen molar-refractivity contribution in [3.05, 3.63) is 63.1 Å². The lowest BCUT2D eigenvalue weighted by atomic mass is 10.1. The zero-order valence-electron chi connectivity index (χ0n) is 14.7. The van der Waals surface area contributed by atoms with Crippen LogP contribution in [-0.2, 0) is 0 Å². The van der Waals surface area contributed by atoms with E-state index < -0.39 is 0 Å². The maximum Gasteiger partial charge on any atom is 0.274 e. The molecule has 0 radical (unpaired) electrons. The normalized spacial score (nSPS) is 14.4. The van der Waals surface area contributed by atoms with Gasteiger partial charge in [-0.15, -0.1) is 11.3 Å². The molecule has 0 saturated carbocycles. The van der Waals surface area contributed by atoms with E-state index in [1.807, 2.05) is 17.5 Å². The lowest BCUT2D eigenvalue weighted by Crippen LogP contribution is -2.50. The monoisotopic (exact) mass is 434 g/mol. The molecule has 0 aliphatic carbocycles. The van der Waals surface area contributed by atoms with Crippen molar-refractivity contribution in [1.29, 1.82) is 0 Å². The van der Waals surface area contributed by atoms with Crippen molar-refractivity contribution in [2.24, 2.45) is 0 Å². The number of benzene rings is 1. The number of nitrogens with zero attached hydrogens (tertiary/aromatic N) is 3. The molecule has 28 heavy (non-hydrogen) atoms. The molecule has 3 aromatic rings. The number of nitrogens with one attached hydrogen (secondary N) is 1. The standard InChI is InChI=1S/C19H16Cl2N4O2S/c20-13-4-1-3-12(17(13)21)18(26)24-6-8-25(9-7-24)19(27)15-11-14(22-23-15)16-5-2-10-28-16/h1-5,10-11H,6-9H2,(H,22,23). The third-order valence-corrected chi connectivity index (χ3v) is 6.34. The van der Waals surface area contributed by atoms with E-state index in [0.717, 1.165) is 10.6 Å². The van der Waals surface area contributed by atoms with Crippen LogP contribution < -0.4 is 0 Å². The molecule has 0 atom stereocenters. The first kappa shape index (κ1) is 19.0. The van der Waals surface area contributed by atoms with E-state index in [9.17, 15) is 9.59 Å². The predicted octanol–water partition coefficient (Wildman–Crippen LogP) is 4.04. The molecule has 1 N–H and O–H groups in total. The fourth-order valence-corrected chi connectivity index (χ4v) is 4.18. The number of amides is 2. The second kappa shape index (κ2) is 7.95. The second-order valence-corrected chi connectivity index (χ2v) is 8.06. The van der Waals surface area contributed by atoms with Gasteiger partial charge in [-0.2, -0.15) is 5.10 Å². The molecule has 1 aromatic carbocycles. The van der Waals surface area contributed by atoms with Gasteiger partial charge in [0.25, 0.3) is 11.8 Å². The van der Waals surface area contributed by atoms with Gasteiger partial charge in [-0.1, -0.05) is 35.3 Å². The Bertz CT molecular complexity index is 1010. The van der Waals surface area contributed by atoms with Crippen LogP contribution in [0.2, 0.25) is 10.0 Å². The van der Waals surface area contributed by atoms with Gasteiger partial charge >= 0.3 is 0 Å². The van der Waals surface area contributed by atoms with Crippen molar-refractivity contribution in [3.8, 4) is 10.6 Å². The van der Waals surface area contributed by atoms with E-state index in [-0.39, 0.29) is 16.8 Å². The fraction of sp³-hybridized carbons (Fsp3) is 0.211. The van der Waals surface area contributed by atoms with E-state index in [1.165, 1.54) is 0 Å². The predicted molar refractivity (Wildman–Crippen MR) is 110 cm³/mol. The summed E-state index contributed by atoms with van der Waals surface area (Å²) in [6, 6.07) is 10.7. The third kappa shape index (κ3) is 3.65. The van der Waals surface area contributed by atoms with Crippen molar-refractivity contribution in [2.75, 3.05) is 26.2 Å². The number of carbonyl (C=O) groups is 2. The average Bonchev–Trinajstić information content (AvgIpc) is 3.41.